The van der Waals surface area contributed by atoms with E-state index in [1.54, 1.807) is 6.08 Å². The Kier molecular flexibility index (Phi) is 7.54. The van der Waals surface area contributed by atoms with E-state index >= 15 is 0 Å². The number of hydrogen-bond acceptors (Lipinski definition) is 7. The van der Waals surface area contributed by atoms with Crippen molar-refractivity contribution >= 4 is 23.2 Å². The molecule has 0 radical (unpaired) electrons. The van der Waals surface area contributed by atoms with Crippen LogP contribution in [-0.2, 0) is 11.2 Å². The molecular weight excluding hydrogens is 452 g/mol. The Morgan fingerprint density at radius 3 is 2.47 bits per heavy atom. The maximum absolute atomic E-state index is 11.2. The summed E-state index contributed by atoms with van der Waals surface area (Å²) in [6, 6.07) is 26.7. The minimum atomic E-state index is -0.721. The number of amides is 1. The number of ether oxygens (including phenoxy) is 1. The van der Waals surface area contributed by atoms with E-state index in [1.807, 2.05) is 84.9 Å². The van der Waals surface area contributed by atoms with Gasteiger partial charge in [0.15, 0.2) is 0 Å². The van der Waals surface area contributed by atoms with Crippen LogP contribution in [-0.4, -0.2) is 15.9 Å². The van der Waals surface area contributed by atoms with Crippen molar-refractivity contribution in [2.75, 3.05) is 11.1 Å². The van der Waals surface area contributed by atoms with Gasteiger partial charge in [-0.15, -0.1) is 0 Å². The number of para-hydroxylation sites is 1. The molecule has 4 aromatic rings. The standard InChI is InChI=1S/C28H24N6O2/c29-17-21(27(31)35)8-4-6-19-7-5-9-22(16-19)34-28-25(26(30)32-18-33-28)20-12-14-24(15-13-20)36-23-10-2-1-3-11-23/h1-3,5,7-16,18H,4,6H2,(H2,31,35)(H3,30,32,33,34). The highest BCUT2D eigenvalue weighted by molar-refractivity contribution is 5.95. The number of nitrogens with one attached hydrogen (secondary N) is 1. The van der Waals surface area contributed by atoms with E-state index in [4.69, 9.17) is 21.5 Å². The van der Waals surface area contributed by atoms with Crippen molar-refractivity contribution in [3.63, 3.8) is 0 Å². The van der Waals surface area contributed by atoms with Crippen LogP contribution in [0.1, 0.15) is 12.0 Å². The molecular formula is C28H24N6O2. The maximum atomic E-state index is 11.2. The lowest BCUT2D eigenvalue weighted by molar-refractivity contribution is -0.114. The SMILES string of the molecule is N#CC(=CCCc1cccc(Nc2ncnc(N)c2-c2ccc(Oc3ccccc3)cc2)c1)C(N)=O. The van der Waals surface area contributed by atoms with Gasteiger partial charge in [-0.1, -0.05) is 48.5 Å². The molecule has 8 heteroatoms. The normalized spacial score (nSPS) is 10.9. The summed E-state index contributed by atoms with van der Waals surface area (Å²) in [5, 5.41) is 12.3. The number of aryl methyl sites for hydroxylation is 1. The highest BCUT2D eigenvalue weighted by atomic mass is 16.5. The Labute approximate surface area is 208 Å². The van der Waals surface area contributed by atoms with Crippen LogP contribution in [0.5, 0.6) is 11.5 Å². The fourth-order valence-electron chi connectivity index (χ4n) is 3.62. The number of nitrogens with zero attached hydrogens (tertiary/aromatic N) is 3. The second kappa shape index (κ2) is 11.3. The van der Waals surface area contributed by atoms with Gasteiger partial charge in [0.1, 0.15) is 41.1 Å². The lowest BCUT2D eigenvalue weighted by Crippen LogP contribution is -2.12. The molecule has 8 nitrogen and oxygen atoms in total. The highest BCUT2D eigenvalue weighted by Crippen LogP contribution is 2.34. The first-order valence-electron chi connectivity index (χ1n) is 11.2. The summed E-state index contributed by atoms with van der Waals surface area (Å²) in [6.07, 6.45) is 4.11. The second-order valence-electron chi connectivity index (χ2n) is 7.88. The number of hydrogen-bond donors (Lipinski definition) is 3. The monoisotopic (exact) mass is 476 g/mol. The molecule has 0 spiro atoms. The van der Waals surface area contributed by atoms with Gasteiger partial charge in [0, 0.05) is 5.69 Å². The highest BCUT2D eigenvalue weighted by Gasteiger charge is 2.13. The number of nitriles is 1. The maximum Gasteiger partial charge on any atom is 0.259 e. The van der Waals surface area contributed by atoms with Crippen LogP contribution < -0.4 is 21.5 Å². The number of carbonyl (C=O) groups excluding carboxylic acids is 1. The zero-order valence-corrected chi connectivity index (χ0v) is 19.4. The average molecular weight is 477 g/mol. The lowest BCUT2D eigenvalue weighted by atomic mass is 10.1. The molecule has 36 heavy (non-hydrogen) atoms. The summed E-state index contributed by atoms with van der Waals surface area (Å²) in [5.74, 6) is 1.65. The summed E-state index contributed by atoms with van der Waals surface area (Å²) in [7, 11) is 0. The number of primary amides is 1. The van der Waals surface area contributed by atoms with Crippen molar-refractivity contribution < 1.29 is 9.53 Å². The van der Waals surface area contributed by atoms with E-state index in [0.29, 0.717) is 35.8 Å². The van der Waals surface area contributed by atoms with E-state index in [1.165, 1.54) is 6.33 Å². The number of benzene rings is 3. The molecule has 1 heterocycles. The second-order valence-corrected chi connectivity index (χ2v) is 7.88. The Bertz CT molecular complexity index is 1430. The minimum Gasteiger partial charge on any atom is -0.457 e. The number of anilines is 3. The molecule has 5 N–H and O–H groups in total. The molecule has 0 aliphatic heterocycles. The van der Waals surface area contributed by atoms with Crippen LogP contribution in [0.15, 0.2) is 96.8 Å². The first kappa shape index (κ1) is 24.0. The van der Waals surface area contributed by atoms with Crippen LogP contribution in [0.3, 0.4) is 0 Å². The third-order valence-corrected chi connectivity index (χ3v) is 5.36. The van der Waals surface area contributed by atoms with Gasteiger partial charge < -0.3 is 21.5 Å². The third kappa shape index (κ3) is 6.04. The lowest BCUT2D eigenvalue weighted by Gasteiger charge is -2.14. The van der Waals surface area contributed by atoms with Gasteiger partial charge in [-0.2, -0.15) is 5.26 Å². The molecule has 3 aromatic carbocycles. The van der Waals surface area contributed by atoms with Crippen molar-refractivity contribution in [2.45, 2.75) is 12.8 Å². The number of carbonyl (C=O) groups is 1. The number of nitrogen functional groups attached to an aromatic ring is 1. The number of aromatic nitrogens is 2. The molecule has 0 aliphatic carbocycles. The molecule has 4 rings (SSSR count). The molecule has 0 saturated carbocycles. The molecule has 1 aromatic heterocycles. The van der Waals surface area contributed by atoms with Crippen LogP contribution in [0.4, 0.5) is 17.3 Å². The summed E-state index contributed by atoms with van der Waals surface area (Å²) < 4.78 is 5.88. The Morgan fingerprint density at radius 2 is 1.75 bits per heavy atom. The first-order chi connectivity index (χ1) is 17.5. The Morgan fingerprint density at radius 1 is 1.00 bits per heavy atom. The third-order valence-electron chi connectivity index (χ3n) is 5.36. The quantitative estimate of drug-likeness (QED) is 0.225. The van der Waals surface area contributed by atoms with Gasteiger partial charge in [-0.3, -0.25) is 4.79 Å². The molecule has 0 bridgehead atoms. The Hall–Kier alpha value is -5.16. The largest absolute Gasteiger partial charge is 0.457 e. The van der Waals surface area contributed by atoms with Gasteiger partial charge in [0.05, 0.1) is 5.56 Å². The molecule has 178 valence electrons. The zero-order chi connectivity index (χ0) is 25.3. The predicted octanol–water partition coefficient (Wildman–Crippen LogP) is 5.13. The van der Waals surface area contributed by atoms with Crippen LogP contribution in [0, 0.1) is 11.3 Å². The van der Waals surface area contributed by atoms with E-state index in [9.17, 15) is 4.79 Å². The van der Waals surface area contributed by atoms with Crippen molar-refractivity contribution in [2.24, 2.45) is 5.73 Å². The van der Waals surface area contributed by atoms with Crippen molar-refractivity contribution in [1.29, 1.82) is 5.26 Å². The summed E-state index contributed by atoms with van der Waals surface area (Å²) >= 11 is 0. The van der Waals surface area contributed by atoms with Gasteiger partial charge in [-0.05, 0) is 60.4 Å². The molecule has 0 fully saturated rings. The van der Waals surface area contributed by atoms with Gasteiger partial charge in [0.2, 0.25) is 0 Å². The van der Waals surface area contributed by atoms with Crippen molar-refractivity contribution in [3.05, 3.63) is 102 Å². The fourth-order valence-corrected chi connectivity index (χ4v) is 3.62. The Balaban J connectivity index is 1.52. The van der Waals surface area contributed by atoms with Gasteiger partial charge >= 0.3 is 0 Å². The summed E-state index contributed by atoms with van der Waals surface area (Å²) in [4.78, 5) is 19.8. The van der Waals surface area contributed by atoms with Crippen LogP contribution in [0.25, 0.3) is 11.1 Å². The van der Waals surface area contributed by atoms with Crippen molar-refractivity contribution in [3.8, 4) is 28.7 Å². The number of rotatable bonds is 9. The smallest absolute Gasteiger partial charge is 0.259 e. The van der Waals surface area contributed by atoms with E-state index in [2.05, 4.69) is 15.3 Å². The molecule has 1 amide bonds. The van der Waals surface area contributed by atoms with Crippen LogP contribution in [0.2, 0.25) is 0 Å². The van der Waals surface area contributed by atoms with E-state index < -0.39 is 5.91 Å². The fraction of sp³-hybridized carbons (Fsp3) is 0.0714. The van der Waals surface area contributed by atoms with Crippen molar-refractivity contribution in [1.82, 2.24) is 9.97 Å². The zero-order valence-electron chi connectivity index (χ0n) is 19.4. The molecule has 0 aliphatic rings. The number of nitrogens with two attached hydrogens (primary N) is 2. The average Bonchev–Trinajstić information content (AvgIpc) is 2.88. The summed E-state index contributed by atoms with van der Waals surface area (Å²) in [6.45, 7) is 0. The van der Waals surface area contributed by atoms with Gasteiger partial charge in [-0.25, -0.2) is 9.97 Å². The topological polar surface area (TPSA) is 140 Å². The summed E-state index contributed by atoms with van der Waals surface area (Å²) in [5.41, 5.74) is 14.7. The molecule has 0 atom stereocenters. The van der Waals surface area contributed by atoms with E-state index in [0.717, 1.165) is 22.6 Å². The molecule has 0 unspecified atom stereocenters. The van der Waals surface area contributed by atoms with Gasteiger partial charge in [0.25, 0.3) is 5.91 Å². The molecule has 0 saturated heterocycles. The van der Waals surface area contributed by atoms with E-state index in [-0.39, 0.29) is 5.57 Å². The first-order valence-corrected chi connectivity index (χ1v) is 11.2. The van der Waals surface area contributed by atoms with Crippen LogP contribution >= 0.6 is 0 Å². The predicted molar refractivity (Wildman–Crippen MR) is 139 cm³/mol. The number of allylic oxidation sites excluding steroid dienone is 1. The minimum absolute atomic E-state index is 0.0365.